The number of aromatic nitrogens is 2. The van der Waals surface area contributed by atoms with Crippen LogP contribution in [0.5, 0.6) is 0 Å². The minimum atomic E-state index is -0.352. The molecule has 0 radical (unpaired) electrons. The van der Waals surface area contributed by atoms with Gasteiger partial charge in [-0.05, 0) is 19.1 Å². The summed E-state index contributed by atoms with van der Waals surface area (Å²) in [5.41, 5.74) is 1.02. The molecule has 122 valence electrons. The second kappa shape index (κ2) is 7.55. The van der Waals surface area contributed by atoms with E-state index in [0.717, 1.165) is 0 Å². The molecule has 1 N–H and O–H groups in total. The van der Waals surface area contributed by atoms with Crippen LogP contribution in [0.25, 0.3) is 0 Å². The number of nitrogens with zero attached hydrogens (tertiary/aromatic N) is 2. The Bertz CT molecular complexity index is 839. The number of thioether (sulfide) groups is 1. The first-order chi connectivity index (χ1) is 11.6. The molecule has 0 fully saturated rings. The molecule has 0 aliphatic carbocycles. The SMILES string of the molecule is C[C@H](Sc1nnc(Nc2ccccc2F)s1)C(=O)c1ccccc1. The normalized spacial score (nSPS) is 11.9. The summed E-state index contributed by atoms with van der Waals surface area (Å²) in [4.78, 5) is 12.4. The number of nitrogens with one attached hydrogen (secondary N) is 1. The summed E-state index contributed by atoms with van der Waals surface area (Å²) < 4.78 is 14.3. The molecule has 0 bridgehead atoms. The Morgan fingerprint density at radius 1 is 1.12 bits per heavy atom. The fraction of sp³-hybridized carbons (Fsp3) is 0.118. The fourth-order valence-electron chi connectivity index (χ4n) is 2.03. The first kappa shape index (κ1) is 16.6. The molecule has 0 unspecified atom stereocenters. The van der Waals surface area contributed by atoms with Crippen molar-refractivity contribution in [1.82, 2.24) is 10.2 Å². The van der Waals surface area contributed by atoms with Gasteiger partial charge < -0.3 is 5.32 Å². The van der Waals surface area contributed by atoms with E-state index in [-0.39, 0.29) is 16.9 Å². The van der Waals surface area contributed by atoms with Crippen LogP contribution in [-0.4, -0.2) is 21.2 Å². The van der Waals surface area contributed by atoms with Crippen LogP contribution >= 0.6 is 23.1 Å². The number of halogens is 1. The van der Waals surface area contributed by atoms with Gasteiger partial charge in [-0.15, -0.1) is 10.2 Å². The van der Waals surface area contributed by atoms with Gasteiger partial charge >= 0.3 is 0 Å². The van der Waals surface area contributed by atoms with Crippen molar-refractivity contribution in [3.05, 3.63) is 66.0 Å². The standard InChI is InChI=1S/C17H14FN3OS2/c1-11(15(22)12-7-3-2-4-8-12)23-17-21-20-16(24-17)19-14-10-6-5-9-13(14)18/h2-11H,1H3,(H,19,20)/t11-/m0/s1. The van der Waals surface area contributed by atoms with Crippen molar-refractivity contribution in [2.45, 2.75) is 16.5 Å². The van der Waals surface area contributed by atoms with Crippen molar-refractivity contribution in [2.24, 2.45) is 0 Å². The molecule has 0 saturated carbocycles. The smallest absolute Gasteiger partial charge is 0.210 e. The largest absolute Gasteiger partial charge is 0.328 e. The van der Waals surface area contributed by atoms with E-state index in [9.17, 15) is 9.18 Å². The Labute approximate surface area is 147 Å². The van der Waals surface area contributed by atoms with Gasteiger partial charge in [-0.2, -0.15) is 0 Å². The van der Waals surface area contributed by atoms with E-state index in [1.807, 2.05) is 25.1 Å². The Morgan fingerprint density at radius 3 is 2.58 bits per heavy atom. The lowest BCUT2D eigenvalue weighted by atomic mass is 10.1. The monoisotopic (exact) mass is 359 g/mol. The van der Waals surface area contributed by atoms with Crippen LogP contribution < -0.4 is 5.32 Å². The van der Waals surface area contributed by atoms with Gasteiger partial charge in [-0.3, -0.25) is 4.79 Å². The molecule has 2 aromatic carbocycles. The Balaban J connectivity index is 1.66. The second-order valence-electron chi connectivity index (χ2n) is 4.97. The average molecular weight is 359 g/mol. The van der Waals surface area contributed by atoms with Crippen LogP contribution in [0.3, 0.4) is 0 Å². The predicted octanol–water partition coefficient (Wildman–Crippen LogP) is 4.78. The molecule has 0 saturated heterocycles. The lowest BCUT2D eigenvalue weighted by Crippen LogP contribution is -2.13. The maximum atomic E-state index is 13.6. The highest BCUT2D eigenvalue weighted by Gasteiger charge is 2.18. The summed E-state index contributed by atoms with van der Waals surface area (Å²) in [7, 11) is 0. The fourth-order valence-corrected chi connectivity index (χ4v) is 4.01. The number of anilines is 2. The van der Waals surface area contributed by atoms with E-state index < -0.39 is 0 Å². The number of rotatable bonds is 6. The van der Waals surface area contributed by atoms with Gasteiger partial charge in [0.1, 0.15) is 5.82 Å². The van der Waals surface area contributed by atoms with Crippen molar-refractivity contribution in [3.8, 4) is 0 Å². The average Bonchev–Trinajstić information content (AvgIpc) is 3.04. The van der Waals surface area contributed by atoms with Crippen LogP contribution in [0.2, 0.25) is 0 Å². The molecule has 1 heterocycles. The number of carbonyl (C=O) groups is 1. The first-order valence-electron chi connectivity index (χ1n) is 7.24. The summed E-state index contributed by atoms with van der Waals surface area (Å²) >= 11 is 2.63. The minimum Gasteiger partial charge on any atom is -0.328 e. The van der Waals surface area contributed by atoms with Crippen molar-refractivity contribution in [3.63, 3.8) is 0 Å². The van der Waals surface area contributed by atoms with Gasteiger partial charge in [0.15, 0.2) is 10.1 Å². The molecule has 1 atom stereocenters. The molecule has 0 amide bonds. The van der Waals surface area contributed by atoms with Crippen LogP contribution in [0.1, 0.15) is 17.3 Å². The summed E-state index contributed by atoms with van der Waals surface area (Å²) in [6.45, 7) is 1.84. The van der Waals surface area contributed by atoms with Gasteiger partial charge in [0.05, 0.1) is 10.9 Å². The lowest BCUT2D eigenvalue weighted by molar-refractivity contribution is 0.0994. The Morgan fingerprint density at radius 2 is 1.83 bits per heavy atom. The molecule has 3 rings (SSSR count). The Kier molecular flexibility index (Phi) is 5.22. The van der Waals surface area contributed by atoms with Gasteiger partial charge in [0.2, 0.25) is 5.13 Å². The number of hydrogen-bond donors (Lipinski definition) is 1. The zero-order chi connectivity index (χ0) is 16.9. The third kappa shape index (κ3) is 3.98. The number of ketones is 1. The van der Waals surface area contributed by atoms with E-state index in [2.05, 4.69) is 15.5 Å². The van der Waals surface area contributed by atoms with Crippen LogP contribution in [0.4, 0.5) is 15.2 Å². The van der Waals surface area contributed by atoms with Crippen molar-refractivity contribution >= 4 is 39.7 Å². The molecule has 3 aromatic rings. The predicted molar refractivity (Wildman–Crippen MR) is 95.7 cm³/mol. The van der Waals surface area contributed by atoms with Gasteiger partial charge in [-0.25, -0.2) is 4.39 Å². The van der Waals surface area contributed by atoms with Crippen molar-refractivity contribution < 1.29 is 9.18 Å². The molecular weight excluding hydrogens is 345 g/mol. The third-order valence-corrected chi connectivity index (χ3v) is 5.25. The minimum absolute atomic E-state index is 0.0411. The van der Waals surface area contributed by atoms with Gasteiger partial charge in [0, 0.05) is 5.56 Å². The summed E-state index contributed by atoms with van der Waals surface area (Å²) in [6, 6.07) is 15.5. The highest BCUT2D eigenvalue weighted by Crippen LogP contribution is 2.32. The van der Waals surface area contributed by atoms with Gasteiger partial charge in [-0.1, -0.05) is 65.6 Å². The van der Waals surface area contributed by atoms with Crippen molar-refractivity contribution in [2.75, 3.05) is 5.32 Å². The maximum Gasteiger partial charge on any atom is 0.210 e. The number of para-hydroxylation sites is 1. The summed E-state index contributed by atoms with van der Waals surface area (Å²) in [6.07, 6.45) is 0. The molecular formula is C17H14FN3OS2. The van der Waals surface area contributed by atoms with Crippen LogP contribution in [0.15, 0.2) is 58.9 Å². The molecule has 0 aliphatic rings. The summed E-state index contributed by atoms with van der Waals surface area (Å²) in [5, 5.41) is 11.2. The lowest BCUT2D eigenvalue weighted by Gasteiger charge is -2.07. The van der Waals surface area contributed by atoms with E-state index >= 15 is 0 Å². The van der Waals surface area contributed by atoms with Crippen molar-refractivity contribution in [1.29, 1.82) is 0 Å². The number of hydrogen-bond acceptors (Lipinski definition) is 6. The van der Waals surface area contributed by atoms with Crippen LogP contribution in [0, 0.1) is 5.82 Å². The quantitative estimate of drug-likeness (QED) is 0.507. The first-order valence-corrected chi connectivity index (χ1v) is 8.94. The van der Waals surface area contributed by atoms with E-state index in [0.29, 0.717) is 20.7 Å². The molecule has 24 heavy (non-hydrogen) atoms. The zero-order valence-electron chi connectivity index (χ0n) is 12.8. The third-order valence-electron chi connectivity index (χ3n) is 3.23. The molecule has 1 aromatic heterocycles. The number of Topliss-reactive ketones (excluding diaryl/α,β-unsaturated/α-hetero) is 1. The molecule has 7 heteroatoms. The second-order valence-corrected chi connectivity index (χ2v) is 7.53. The van der Waals surface area contributed by atoms with E-state index in [1.165, 1.54) is 29.2 Å². The Hall–Kier alpha value is -2.25. The number of benzene rings is 2. The van der Waals surface area contributed by atoms with Gasteiger partial charge in [0.25, 0.3) is 0 Å². The molecule has 0 spiro atoms. The summed E-state index contributed by atoms with van der Waals surface area (Å²) in [5.74, 6) is -0.311. The highest BCUT2D eigenvalue weighted by molar-refractivity contribution is 8.02. The molecule has 0 aliphatic heterocycles. The van der Waals surface area contributed by atoms with Crippen LogP contribution in [-0.2, 0) is 0 Å². The topological polar surface area (TPSA) is 54.9 Å². The maximum absolute atomic E-state index is 13.6. The van der Waals surface area contributed by atoms with E-state index in [4.69, 9.17) is 0 Å². The molecule has 4 nitrogen and oxygen atoms in total. The van der Waals surface area contributed by atoms with E-state index in [1.54, 1.807) is 30.3 Å². The zero-order valence-corrected chi connectivity index (χ0v) is 14.4. The number of carbonyl (C=O) groups excluding carboxylic acids is 1. The highest BCUT2D eigenvalue weighted by atomic mass is 32.2.